The zero-order valence-corrected chi connectivity index (χ0v) is 18.0. The first-order valence-corrected chi connectivity index (χ1v) is 10.6. The normalized spacial score (nSPS) is 15.6. The third-order valence-electron chi connectivity index (χ3n) is 6.00. The van der Waals surface area contributed by atoms with Crippen molar-refractivity contribution in [1.82, 2.24) is 4.90 Å². The van der Waals surface area contributed by atoms with Gasteiger partial charge in [-0.2, -0.15) is 0 Å². The average Bonchev–Trinajstić information content (AvgIpc) is 2.73. The van der Waals surface area contributed by atoms with Crippen molar-refractivity contribution in [3.05, 3.63) is 95.1 Å². The maximum absolute atomic E-state index is 6.16. The van der Waals surface area contributed by atoms with Crippen LogP contribution >= 0.6 is 0 Å². The summed E-state index contributed by atoms with van der Waals surface area (Å²) in [6.07, 6.45) is 1.12. The number of rotatable bonds is 4. The number of hydrogen-bond donors (Lipinski definition) is 0. The summed E-state index contributed by atoms with van der Waals surface area (Å²) >= 11 is 0. The zero-order chi connectivity index (χ0) is 20.4. The van der Waals surface area contributed by atoms with E-state index >= 15 is 0 Å². The molecule has 0 amide bonds. The molecule has 4 rings (SSSR count). The monoisotopic (exact) mass is 385 g/mol. The van der Waals surface area contributed by atoms with Gasteiger partial charge in [-0.1, -0.05) is 69.3 Å². The standard InChI is InChI=1S/C27H31NO/c1-20(28-17-16-21-8-5-6-9-23(21)19-28)22-10-7-11-26(18-22)29-25-14-12-24(13-15-25)27(2,3)4/h5-15,18,20H,16-17,19H2,1-4H3. The number of fused-ring (bicyclic) bond motifs is 1. The Kier molecular flexibility index (Phi) is 5.47. The molecule has 29 heavy (non-hydrogen) atoms. The largest absolute Gasteiger partial charge is 0.457 e. The highest BCUT2D eigenvalue weighted by Gasteiger charge is 2.21. The zero-order valence-electron chi connectivity index (χ0n) is 18.0. The maximum Gasteiger partial charge on any atom is 0.127 e. The highest BCUT2D eigenvalue weighted by atomic mass is 16.5. The van der Waals surface area contributed by atoms with Gasteiger partial charge in [-0.3, -0.25) is 4.90 Å². The molecule has 2 heteroatoms. The van der Waals surface area contributed by atoms with E-state index in [-0.39, 0.29) is 5.41 Å². The second kappa shape index (κ2) is 8.04. The summed E-state index contributed by atoms with van der Waals surface area (Å²) in [5.41, 5.74) is 5.72. The molecule has 150 valence electrons. The number of ether oxygens (including phenoxy) is 1. The first-order chi connectivity index (χ1) is 13.9. The lowest BCUT2D eigenvalue weighted by Gasteiger charge is -2.34. The van der Waals surface area contributed by atoms with Crippen molar-refractivity contribution in [1.29, 1.82) is 0 Å². The third-order valence-corrected chi connectivity index (χ3v) is 6.00. The first-order valence-electron chi connectivity index (χ1n) is 10.6. The Labute approximate surface area is 175 Å². The van der Waals surface area contributed by atoms with Crippen molar-refractivity contribution < 1.29 is 4.74 Å². The third kappa shape index (κ3) is 4.54. The molecule has 3 aromatic carbocycles. The van der Waals surface area contributed by atoms with E-state index in [1.54, 1.807) is 0 Å². The van der Waals surface area contributed by atoms with E-state index in [1.807, 2.05) is 6.07 Å². The van der Waals surface area contributed by atoms with Gasteiger partial charge in [0.2, 0.25) is 0 Å². The molecule has 1 aliphatic heterocycles. The molecule has 1 heterocycles. The number of hydrogen-bond acceptors (Lipinski definition) is 2. The molecular formula is C27H31NO. The molecule has 1 aliphatic rings. The quantitative estimate of drug-likeness (QED) is 0.484. The molecule has 0 saturated heterocycles. The maximum atomic E-state index is 6.16. The van der Waals surface area contributed by atoms with Crippen LogP contribution < -0.4 is 4.74 Å². The van der Waals surface area contributed by atoms with Crippen LogP contribution in [0, 0.1) is 0 Å². The summed E-state index contributed by atoms with van der Waals surface area (Å²) in [5.74, 6) is 1.78. The summed E-state index contributed by atoms with van der Waals surface area (Å²) in [6, 6.07) is 26.2. The average molecular weight is 386 g/mol. The van der Waals surface area contributed by atoms with Gasteiger partial charge in [0.05, 0.1) is 0 Å². The highest BCUT2D eigenvalue weighted by molar-refractivity contribution is 5.38. The van der Waals surface area contributed by atoms with Crippen LogP contribution in [0.5, 0.6) is 11.5 Å². The molecule has 0 aromatic heterocycles. The second-order valence-corrected chi connectivity index (χ2v) is 9.11. The molecule has 0 spiro atoms. The first kappa shape index (κ1) is 19.7. The van der Waals surface area contributed by atoms with E-state index < -0.39 is 0 Å². The Morgan fingerprint density at radius 2 is 1.55 bits per heavy atom. The lowest BCUT2D eigenvalue weighted by molar-refractivity contribution is 0.192. The SMILES string of the molecule is CC(c1cccc(Oc2ccc(C(C)(C)C)cc2)c1)N1CCc2ccccc2C1. The van der Waals surface area contributed by atoms with Gasteiger partial charge in [-0.05, 0) is 65.3 Å². The molecule has 0 aliphatic carbocycles. The predicted octanol–water partition coefficient (Wildman–Crippen LogP) is 6.90. The lowest BCUT2D eigenvalue weighted by Crippen LogP contribution is -2.32. The van der Waals surface area contributed by atoms with Crippen LogP contribution in [0.15, 0.2) is 72.8 Å². The van der Waals surface area contributed by atoms with Gasteiger partial charge >= 0.3 is 0 Å². The van der Waals surface area contributed by atoms with Crippen molar-refractivity contribution in [3.63, 3.8) is 0 Å². The van der Waals surface area contributed by atoms with E-state index in [1.165, 1.54) is 22.3 Å². The van der Waals surface area contributed by atoms with E-state index in [4.69, 9.17) is 4.74 Å². The Hall–Kier alpha value is -2.58. The minimum absolute atomic E-state index is 0.154. The molecular weight excluding hydrogens is 354 g/mol. The Morgan fingerprint density at radius 1 is 0.828 bits per heavy atom. The fraction of sp³-hybridized carbons (Fsp3) is 0.333. The fourth-order valence-corrected chi connectivity index (χ4v) is 4.06. The van der Waals surface area contributed by atoms with Crippen LogP contribution in [0.1, 0.15) is 56.0 Å². The van der Waals surface area contributed by atoms with Crippen molar-refractivity contribution in [2.75, 3.05) is 6.54 Å². The molecule has 1 unspecified atom stereocenters. The highest BCUT2D eigenvalue weighted by Crippen LogP contribution is 2.31. The van der Waals surface area contributed by atoms with E-state index in [9.17, 15) is 0 Å². The van der Waals surface area contributed by atoms with Gasteiger partial charge < -0.3 is 4.74 Å². The summed E-state index contributed by atoms with van der Waals surface area (Å²) in [6.45, 7) is 11.1. The molecule has 0 N–H and O–H groups in total. The molecule has 0 radical (unpaired) electrons. The van der Waals surface area contributed by atoms with Crippen molar-refractivity contribution in [2.24, 2.45) is 0 Å². The molecule has 2 nitrogen and oxygen atoms in total. The summed E-state index contributed by atoms with van der Waals surface area (Å²) in [4.78, 5) is 2.56. The van der Waals surface area contributed by atoms with Crippen LogP contribution in [0.2, 0.25) is 0 Å². The smallest absolute Gasteiger partial charge is 0.127 e. The Bertz CT molecular complexity index is 968. The summed E-state index contributed by atoms with van der Waals surface area (Å²) in [7, 11) is 0. The minimum Gasteiger partial charge on any atom is -0.457 e. The predicted molar refractivity (Wildman–Crippen MR) is 121 cm³/mol. The summed E-state index contributed by atoms with van der Waals surface area (Å²) < 4.78 is 6.16. The van der Waals surface area contributed by atoms with E-state index in [0.717, 1.165) is 31.0 Å². The van der Waals surface area contributed by atoms with Crippen molar-refractivity contribution in [3.8, 4) is 11.5 Å². The number of benzene rings is 3. The minimum atomic E-state index is 0.154. The van der Waals surface area contributed by atoms with Crippen molar-refractivity contribution in [2.45, 2.75) is 52.1 Å². The molecule has 1 atom stereocenters. The van der Waals surface area contributed by atoms with E-state index in [0.29, 0.717) is 6.04 Å². The van der Waals surface area contributed by atoms with Crippen LogP contribution in [-0.2, 0) is 18.4 Å². The van der Waals surface area contributed by atoms with Crippen LogP contribution in [-0.4, -0.2) is 11.4 Å². The van der Waals surface area contributed by atoms with Crippen molar-refractivity contribution >= 4 is 0 Å². The van der Waals surface area contributed by atoms with Crippen LogP contribution in [0.25, 0.3) is 0 Å². The van der Waals surface area contributed by atoms with Gasteiger partial charge in [0.15, 0.2) is 0 Å². The van der Waals surface area contributed by atoms with Gasteiger partial charge in [0.1, 0.15) is 11.5 Å². The van der Waals surface area contributed by atoms with Crippen LogP contribution in [0.4, 0.5) is 0 Å². The molecule has 0 bridgehead atoms. The number of nitrogens with zero attached hydrogens (tertiary/aromatic N) is 1. The lowest BCUT2D eigenvalue weighted by atomic mass is 9.87. The van der Waals surface area contributed by atoms with Crippen LogP contribution in [0.3, 0.4) is 0 Å². The van der Waals surface area contributed by atoms with E-state index in [2.05, 4.69) is 99.3 Å². The fourth-order valence-electron chi connectivity index (χ4n) is 4.06. The topological polar surface area (TPSA) is 12.5 Å². The Balaban J connectivity index is 1.47. The molecule has 0 fully saturated rings. The second-order valence-electron chi connectivity index (χ2n) is 9.11. The Morgan fingerprint density at radius 3 is 2.28 bits per heavy atom. The van der Waals surface area contributed by atoms with Gasteiger partial charge in [-0.15, -0.1) is 0 Å². The molecule has 0 saturated carbocycles. The van der Waals surface area contributed by atoms with Gasteiger partial charge in [-0.25, -0.2) is 0 Å². The summed E-state index contributed by atoms with van der Waals surface area (Å²) in [5, 5.41) is 0. The van der Waals surface area contributed by atoms with Gasteiger partial charge in [0.25, 0.3) is 0 Å². The molecule has 3 aromatic rings. The van der Waals surface area contributed by atoms with Gasteiger partial charge in [0, 0.05) is 19.1 Å².